The molecule has 3 heterocycles. The Bertz CT molecular complexity index is 614. The van der Waals surface area contributed by atoms with E-state index >= 15 is 0 Å². The quantitative estimate of drug-likeness (QED) is 0.914. The standard InChI is InChI=1S/C14H17N3OS/c1-17-6-4-9(5-7-17)11-3-2-10-8-12(13(15)18)19-14(10)16-11/h2-3,8-9H,4-7H2,1H3,(H2,15,18). The third kappa shape index (κ3) is 2.48. The molecule has 0 spiro atoms. The van der Waals surface area contributed by atoms with Gasteiger partial charge in [-0.3, -0.25) is 4.79 Å². The van der Waals surface area contributed by atoms with Crippen molar-refractivity contribution in [2.45, 2.75) is 18.8 Å². The van der Waals surface area contributed by atoms with E-state index in [1.54, 1.807) is 0 Å². The van der Waals surface area contributed by atoms with E-state index in [0.29, 0.717) is 10.8 Å². The normalized spacial score (nSPS) is 17.9. The number of pyridine rings is 1. The number of primary amides is 1. The molecule has 1 saturated heterocycles. The van der Waals surface area contributed by atoms with Gasteiger partial charge >= 0.3 is 0 Å². The van der Waals surface area contributed by atoms with Gasteiger partial charge in [0, 0.05) is 17.0 Å². The number of nitrogens with two attached hydrogens (primary N) is 1. The summed E-state index contributed by atoms with van der Waals surface area (Å²) in [5.41, 5.74) is 6.46. The summed E-state index contributed by atoms with van der Waals surface area (Å²) in [5, 5.41) is 1.01. The second-order valence-electron chi connectivity index (χ2n) is 5.18. The molecule has 19 heavy (non-hydrogen) atoms. The van der Waals surface area contributed by atoms with Gasteiger partial charge in [0.15, 0.2) is 0 Å². The largest absolute Gasteiger partial charge is 0.365 e. The van der Waals surface area contributed by atoms with Gasteiger partial charge in [-0.05, 0) is 45.1 Å². The van der Waals surface area contributed by atoms with E-state index in [-0.39, 0.29) is 5.91 Å². The van der Waals surface area contributed by atoms with Crippen LogP contribution >= 0.6 is 11.3 Å². The summed E-state index contributed by atoms with van der Waals surface area (Å²) in [6, 6.07) is 5.97. The van der Waals surface area contributed by atoms with E-state index in [4.69, 9.17) is 10.7 Å². The number of carbonyl (C=O) groups excluding carboxylic acids is 1. The van der Waals surface area contributed by atoms with E-state index < -0.39 is 0 Å². The minimum Gasteiger partial charge on any atom is -0.365 e. The van der Waals surface area contributed by atoms with Crippen LogP contribution in [0.1, 0.15) is 34.1 Å². The molecule has 0 radical (unpaired) electrons. The van der Waals surface area contributed by atoms with Crippen molar-refractivity contribution < 1.29 is 4.79 Å². The number of hydrogen-bond acceptors (Lipinski definition) is 4. The van der Waals surface area contributed by atoms with E-state index in [0.717, 1.165) is 41.8 Å². The van der Waals surface area contributed by atoms with Gasteiger partial charge in [-0.25, -0.2) is 4.98 Å². The van der Waals surface area contributed by atoms with Crippen LogP contribution in [-0.4, -0.2) is 35.9 Å². The number of thiophene rings is 1. The fourth-order valence-corrected chi connectivity index (χ4v) is 3.48. The van der Waals surface area contributed by atoms with Gasteiger partial charge in [0.25, 0.3) is 5.91 Å². The van der Waals surface area contributed by atoms with Crippen molar-refractivity contribution in [1.82, 2.24) is 9.88 Å². The monoisotopic (exact) mass is 275 g/mol. The third-order valence-corrected chi connectivity index (χ3v) is 4.84. The lowest BCUT2D eigenvalue weighted by Crippen LogP contribution is -2.29. The highest BCUT2D eigenvalue weighted by Gasteiger charge is 2.20. The average molecular weight is 275 g/mol. The molecular weight excluding hydrogens is 258 g/mol. The summed E-state index contributed by atoms with van der Waals surface area (Å²) < 4.78 is 0. The molecule has 4 nitrogen and oxygen atoms in total. The van der Waals surface area contributed by atoms with Gasteiger partial charge in [-0.2, -0.15) is 0 Å². The number of carbonyl (C=O) groups is 1. The van der Waals surface area contributed by atoms with Crippen LogP contribution < -0.4 is 5.73 Å². The second kappa shape index (κ2) is 4.90. The highest BCUT2D eigenvalue weighted by Crippen LogP contribution is 2.30. The number of likely N-dealkylation sites (tertiary alicyclic amines) is 1. The number of rotatable bonds is 2. The molecule has 2 N–H and O–H groups in total. The lowest BCUT2D eigenvalue weighted by atomic mass is 9.93. The van der Waals surface area contributed by atoms with Crippen LogP contribution in [0.5, 0.6) is 0 Å². The predicted octanol–water partition coefficient (Wildman–Crippen LogP) is 2.20. The zero-order valence-corrected chi connectivity index (χ0v) is 11.7. The molecule has 5 heteroatoms. The Labute approximate surface area is 116 Å². The zero-order valence-electron chi connectivity index (χ0n) is 10.9. The Morgan fingerprint density at radius 3 is 2.84 bits per heavy atom. The maximum absolute atomic E-state index is 11.2. The van der Waals surface area contributed by atoms with Gasteiger partial charge in [0.1, 0.15) is 4.83 Å². The molecule has 0 unspecified atom stereocenters. The van der Waals surface area contributed by atoms with Crippen LogP contribution in [-0.2, 0) is 0 Å². The van der Waals surface area contributed by atoms with E-state index in [1.807, 2.05) is 6.07 Å². The van der Waals surface area contributed by atoms with Crippen LogP contribution in [0.25, 0.3) is 10.2 Å². The van der Waals surface area contributed by atoms with Gasteiger partial charge in [0.05, 0.1) is 4.88 Å². The molecule has 100 valence electrons. The lowest BCUT2D eigenvalue weighted by Gasteiger charge is -2.28. The first kappa shape index (κ1) is 12.6. The summed E-state index contributed by atoms with van der Waals surface area (Å²) in [4.78, 5) is 19.8. The maximum Gasteiger partial charge on any atom is 0.258 e. The molecule has 1 aliphatic heterocycles. The minimum atomic E-state index is -0.371. The van der Waals surface area contributed by atoms with Gasteiger partial charge < -0.3 is 10.6 Å². The maximum atomic E-state index is 11.2. The van der Waals surface area contributed by atoms with Crippen LogP contribution in [0.2, 0.25) is 0 Å². The number of fused-ring (bicyclic) bond motifs is 1. The first-order chi connectivity index (χ1) is 9.13. The molecule has 2 aromatic rings. The molecular formula is C14H17N3OS. The van der Waals surface area contributed by atoms with E-state index in [1.165, 1.54) is 11.3 Å². The number of piperidine rings is 1. The Hall–Kier alpha value is -1.46. The molecule has 0 aliphatic carbocycles. The van der Waals surface area contributed by atoms with Crippen LogP contribution in [0.3, 0.4) is 0 Å². The first-order valence-electron chi connectivity index (χ1n) is 6.52. The van der Waals surface area contributed by atoms with Gasteiger partial charge in [-0.1, -0.05) is 6.07 Å². The van der Waals surface area contributed by atoms with Gasteiger partial charge in [0.2, 0.25) is 0 Å². The number of aromatic nitrogens is 1. The summed E-state index contributed by atoms with van der Waals surface area (Å²) in [5.74, 6) is 0.170. The van der Waals surface area contributed by atoms with Gasteiger partial charge in [-0.15, -0.1) is 11.3 Å². The molecule has 0 atom stereocenters. The highest BCUT2D eigenvalue weighted by atomic mass is 32.1. The van der Waals surface area contributed by atoms with Crippen molar-refractivity contribution in [2.75, 3.05) is 20.1 Å². The van der Waals surface area contributed by atoms with Crippen molar-refractivity contribution in [3.8, 4) is 0 Å². The van der Waals surface area contributed by atoms with Crippen LogP contribution in [0, 0.1) is 0 Å². The minimum absolute atomic E-state index is 0.371. The first-order valence-corrected chi connectivity index (χ1v) is 7.34. The number of hydrogen-bond donors (Lipinski definition) is 1. The topological polar surface area (TPSA) is 59.2 Å². The number of amides is 1. The van der Waals surface area contributed by atoms with Crippen LogP contribution in [0.15, 0.2) is 18.2 Å². The third-order valence-electron chi connectivity index (χ3n) is 3.78. The van der Waals surface area contributed by atoms with Crippen molar-refractivity contribution in [1.29, 1.82) is 0 Å². The Morgan fingerprint density at radius 2 is 2.16 bits per heavy atom. The fraction of sp³-hybridized carbons (Fsp3) is 0.429. The van der Waals surface area contributed by atoms with Crippen molar-refractivity contribution >= 4 is 27.5 Å². The smallest absolute Gasteiger partial charge is 0.258 e. The summed E-state index contributed by atoms with van der Waals surface area (Å²) in [7, 11) is 2.16. The van der Waals surface area contributed by atoms with Crippen molar-refractivity contribution in [3.63, 3.8) is 0 Å². The molecule has 2 aromatic heterocycles. The Kier molecular flexibility index (Phi) is 3.24. The summed E-state index contributed by atoms with van der Waals surface area (Å²) in [6.07, 6.45) is 2.31. The fourth-order valence-electron chi connectivity index (χ4n) is 2.59. The molecule has 0 aromatic carbocycles. The summed E-state index contributed by atoms with van der Waals surface area (Å²) in [6.45, 7) is 2.25. The average Bonchev–Trinajstić information content (AvgIpc) is 2.82. The zero-order chi connectivity index (χ0) is 13.4. The molecule has 1 aliphatic rings. The molecule has 1 amide bonds. The highest BCUT2D eigenvalue weighted by molar-refractivity contribution is 7.20. The number of nitrogens with zero attached hydrogens (tertiary/aromatic N) is 2. The molecule has 3 rings (SSSR count). The molecule has 0 bridgehead atoms. The van der Waals surface area contributed by atoms with Crippen molar-refractivity contribution in [3.05, 3.63) is 28.8 Å². The predicted molar refractivity (Wildman–Crippen MR) is 77.6 cm³/mol. The molecule has 0 saturated carbocycles. The summed E-state index contributed by atoms with van der Waals surface area (Å²) >= 11 is 1.39. The lowest BCUT2D eigenvalue weighted by molar-refractivity contribution is 0.100. The Balaban J connectivity index is 1.90. The van der Waals surface area contributed by atoms with Crippen molar-refractivity contribution in [2.24, 2.45) is 5.73 Å². The SMILES string of the molecule is CN1CCC(c2ccc3cc(C(N)=O)sc3n2)CC1. The Morgan fingerprint density at radius 1 is 1.42 bits per heavy atom. The van der Waals surface area contributed by atoms with E-state index in [9.17, 15) is 4.79 Å². The van der Waals surface area contributed by atoms with E-state index in [2.05, 4.69) is 24.1 Å². The van der Waals surface area contributed by atoms with Crippen LogP contribution in [0.4, 0.5) is 0 Å². The molecule has 1 fully saturated rings. The second-order valence-corrected chi connectivity index (χ2v) is 6.21.